The van der Waals surface area contributed by atoms with Crippen LogP contribution in [0.5, 0.6) is 0 Å². The third-order valence-electron chi connectivity index (χ3n) is 3.67. The van der Waals surface area contributed by atoms with Gasteiger partial charge in [0.15, 0.2) is 0 Å². The zero-order valence-electron chi connectivity index (χ0n) is 11.9. The topological polar surface area (TPSA) is 49.4 Å². The number of nitrogens with zero attached hydrogens (tertiary/aromatic N) is 1. The second-order valence-electron chi connectivity index (χ2n) is 5.44. The highest BCUT2D eigenvalue weighted by Crippen LogP contribution is 2.36. The van der Waals surface area contributed by atoms with Gasteiger partial charge in [0.2, 0.25) is 0 Å². The van der Waals surface area contributed by atoms with Crippen LogP contribution in [0.2, 0.25) is 0 Å². The summed E-state index contributed by atoms with van der Waals surface area (Å²) in [6.07, 6.45) is 1.30. The van der Waals surface area contributed by atoms with E-state index in [1.807, 2.05) is 0 Å². The fraction of sp³-hybridized carbons (Fsp3) is 0.429. The maximum absolute atomic E-state index is 13.4. The highest BCUT2D eigenvalue weighted by Gasteiger charge is 2.41. The van der Waals surface area contributed by atoms with Gasteiger partial charge in [-0.3, -0.25) is 0 Å². The summed E-state index contributed by atoms with van der Waals surface area (Å²) in [5.74, 6) is -0.522. The van der Waals surface area contributed by atoms with E-state index in [1.54, 1.807) is 6.07 Å². The average molecular weight is 332 g/mol. The quantitative estimate of drug-likeness (QED) is 0.679. The van der Waals surface area contributed by atoms with Gasteiger partial charge in [0.1, 0.15) is 17.6 Å². The number of rotatable bonds is 4. The SMILES string of the molecule is CN(CC(F)(F)P)C(=O)NC1(C=O)CCc2ccc(F)cc21. The molecule has 0 fully saturated rings. The van der Waals surface area contributed by atoms with Crippen LogP contribution in [-0.4, -0.2) is 36.5 Å². The molecule has 2 atom stereocenters. The van der Waals surface area contributed by atoms with Crippen LogP contribution in [0.15, 0.2) is 18.2 Å². The minimum absolute atomic E-state index is 0.270. The normalized spacial score (nSPS) is 20.4. The number of nitrogens with one attached hydrogen (secondary N) is 1. The minimum Gasteiger partial charge on any atom is -0.322 e. The van der Waals surface area contributed by atoms with Crippen molar-refractivity contribution in [2.45, 2.75) is 24.0 Å². The molecule has 0 saturated carbocycles. The smallest absolute Gasteiger partial charge is 0.318 e. The first kappa shape index (κ1) is 16.7. The Balaban J connectivity index is 2.22. The van der Waals surface area contributed by atoms with Crippen LogP contribution >= 0.6 is 9.24 Å². The summed E-state index contributed by atoms with van der Waals surface area (Å²) in [5.41, 5.74) is -3.37. The Morgan fingerprint density at radius 2 is 2.23 bits per heavy atom. The number of carbonyl (C=O) groups is 2. The number of benzene rings is 1. The van der Waals surface area contributed by atoms with Crippen LogP contribution in [0.3, 0.4) is 0 Å². The lowest BCUT2D eigenvalue weighted by molar-refractivity contribution is -0.113. The number of urea groups is 1. The van der Waals surface area contributed by atoms with Crippen molar-refractivity contribution in [3.63, 3.8) is 0 Å². The first-order chi connectivity index (χ1) is 10.2. The number of amides is 2. The molecule has 4 nitrogen and oxygen atoms in total. The van der Waals surface area contributed by atoms with E-state index in [1.165, 1.54) is 28.4 Å². The Kier molecular flexibility index (Phi) is 4.47. The number of aryl methyl sites for hydroxylation is 1. The summed E-state index contributed by atoms with van der Waals surface area (Å²) < 4.78 is 39.3. The summed E-state index contributed by atoms with van der Waals surface area (Å²) in [5, 5.41) is 2.46. The van der Waals surface area contributed by atoms with Gasteiger partial charge in [0.05, 0.1) is 6.54 Å². The van der Waals surface area contributed by atoms with Gasteiger partial charge in [0, 0.05) is 7.05 Å². The Morgan fingerprint density at radius 3 is 2.82 bits per heavy atom. The summed E-state index contributed by atoms with van der Waals surface area (Å²) >= 11 is 0. The van der Waals surface area contributed by atoms with Gasteiger partial charge in [-0.2, -0.15) is 0 Å². The molecule has 1 aliphatic carbocycles. The lowest BCUT2D eigenvalue weighted by Crippen LogP contribution is -2.51. The van der Waals surface area contributed by atoms with Crippen LogP contribution in [0.1, 0.15) is 17.5 Å². The molecule has 8 heteroatoms. The summed E-state index contributed by atoms with van der Waals surface area (Å²) in [6.45, 7) is -0.811. The Hall–Kier alpha value is -1.62. The number of halogens is 3. The summed E-state index contributed by atoms with van der Waals surface area (Å²) in [6, 6.07) is 3.22. The Morgan fingerprint density at radius 1 is 1.55 bits per heavy atom. The maximum atomic E-state index is 13.4. The van der Waals surface area contributed by atoms with Gasteiger partial charge in [0.25, 0.3) is 5.66 Å². The van der Waals surface area contributed by atoms with Gasteiger partial charge in [-0.25, -0.2) is 18.0 Å². The van der Waals surface area contributed by atoms with Gasteiger partial charge < -0.3 is 15.0 Å². The highest BCUT2D eigenvalue weighted by molar-refractivity contribution is 7.18. The number of hydrogen-bond donors (Lipinski definition) is 1. The molecule has 0 bridgehead atoms. The van der Waals surface area contributed by atoms with E-state index in [9.17, 15) is 22.8 Å². The molecular formula is C14H16F3N2O2P. The van der Waals surface area contributed by atoms with E-state index in [0.717, 1.165) is 10.5 Å². The van der Waals surface area contributed by atoms with Crippen molar-refractivity contribution in [1.82, 2.24) is 10.2 Å². The van der Waals surface area contributed by atoms with Gasteiger partial charge in [-0.15, -0.1) is 0 Å². The van der Waals surface area contributed by atoms with Crippen LogP contribution in [0.25, 0.3) is 0 Å². The summed E-state index contributed by atoms with van der Waals surface area (Å²) in [4.78, 5) is 24.4. The Bertz CT molecular complexity index is 606. The molecule has 1 aromatic rings. The van der Waals surface area contributed by atoms with Crippen molar-refractivity contribution in [1.29, 1.82) is 0 Å². The van der Waals surface area contributed by atoms with Crippen LogP contribution in [-0.2, 0) is 16.8 Å². The number of alkyl halides is 2. The van der Waals surface area contributed by atoms with E-state index < -0.39 is 29.6 Å². The molecule has 1 aromatic carbocycles. The average Bonchev–Trinajstić information content (AvgIpc) is 2.76. The van der Waals surface area contributed by atoms with Crippen molar-refractivity contribution in [2.24, 2.45) is 0 Å². The molecule has 0 spiro atoms. The van der Waals surface area contributed by atoms with E-state index in [0.29, 0.717) is 18.3 Å². The molecule has 2 unspecified atom stereocenters. The molecule has 0 saturated heterocycles. The molecule has 1 N–H and O–H groups in total. The van der Waals surface area contributed by atoms with Crippen molar-refractivity contribution in [3.8, 4) is 0 Å². The van der Waals surface area contributed by atoms with Gasteiger partial charge in [-0.05, 0) is 36.1 Å². The van der Waals surface area contributed by atoms with Crippen molar-refractivity contribution in [2.75, 3.05) is 13.6 Å². The first-order valence-electron chi connectivity index (χ1n) is 6.62. The van der Waals surface area contributed by atoms with Crippen molar-refractivity contribution in [3.05, 3.63) is 35.1 Å². The fourth-order valence-electron chi connectivity index (χ4n) is 2.60. The molecule has 1 aliphatic rings. The fourth-order valence-corrected chi connectivity index (χ4v) is 2.88. The largest absolute Gasteiger partial charge is 0.322 e. The van der Waals surface area contributed by atoms with E-state index >= 15 is 0 Å². The molecule has 2 amide bonds. The third kappa shape index (κ3) is 3.40. The van der Waals surface area contributed by atoms with E-state index in [-0.39, 0.29) is 6.42 Å². The molecule has 2 rings (SSSR count). The molecule has 22 heavy (non-hydrogen) atoms. The van der Waals surface area contributed by atoms with Crippen LogP contribution < -0.4 is 5.32 Å². The second-order valence-corrected chi connectivity index (χ2v) is 6.28. The Labute approximate surface area is 128 Å². The molecule has 120 valence electrons. The minimum atomic E-state index is -3.12. The number of fused-ring (bicyclic) bond motifs is 1. The standard InChI is InChI=1S/C14H16F3N2O2P/c1-19(7-14(16,17)22)12(21)18-13(8-20)5-4-9-2-3-10(15)6-11(9)13/h2-3,6,8H,4-5,7,22H2,1H3,(H,18,21). The van der Waals surface area contributed by atoms with Crippen LogP contribution in [0, 0.1) is 5.82 Å². The first-order valence-corrected chi connectivity index (χ1v) is 7.20. The zero-order chi connectivity index (χ0) is 16.5. The van der Waals surface area contributed by atoms with Crippen molar-refractivity contribution < 1.29 is 22.8 Å². The zero-order valence-corrected chi connectivity index (χ0v) is 13.1. The molecular weight excluding hydrogens is 316 g/mol. The van der Waals surface area contributed by atoms with Crippen molar-refractivity contribution >= 4 is 21.6 Å². The number of hydrogen-bond acceptors (Lipinski definition) is 2. The second kappa shape index (κ2) is 5.88. The maximum Gasteiger partial charge on any atom is 0.318 e. The monoisotopic (exact) mass is 332 g/mol. The third-order valence-corrected chi connectivity index (χ3v) is 3.85. The van der Waals surface area contributed by atoms with E-state index in [2.05, 4.69) is 5.32 Å². The van der Waals surface area contributed by atoms with Gasteiger partial charge >= 0.3 is 6.03 Å². The predicted molar refractivity (Wildman–Crippen MR) is 78.3 cm³/mol. The lowest BCUT2D eigenvalue weighted by Gasteiger charge is -2.29. The summed E-state index contributed by atoms with van der Waals surface area (Å²) in [7, 11) is 2.55. The molecule has 0 aromatic heterocycles. The number of aldehydes is 1. The lowest BCUT2D eigenvalue weighted by atomic mass is 9.93. The highest BCUT2D eigenvalue weighted by atomic mass is 31.0. The molecule has 0 aliphatic heterocycles. The molecule has 0 heterocycles. The number of carbonyl (C=O) groups excluding carboxylic acids is 2. The van der Waals surface area contributed by atoms with E-state index in [4.69, 9.17) is 0 Å². The van der Waals surface area contributed by atoms with Gasteiger partial charge in [-0.1, -0.05) is 15.3 Å². The van der Waals surface area contributed by atoms with Crippen LogP contribution in [0.4, 0.5) is 18.0 Å². The molecule has 0 radical (unpaired) electrons. The predicted octanol–water partition coefficient (Wildman–Crippen LogP) is 2.28.